The van der Waals surface area contributed by atoms with E-state index in [4.69, 9.17) is 0 Å². The maximum atomic E-state index is 13.3. The van der Waals surface area contributed by atoms with E-state index in [2.05, 4.69) is 41.6 Å². The molecule has 0 fully saturated rings. The molecule has 0 spiro atoms. The fraction of sp³-hybridized carbons (Fsp3) is 0.391. The maximum Gasteiger partial charge on any atom is 0.123 e. The molecule has 27 heavy (non-hydrogen) atoms. The Hall–Kier alpha value is -2.17. The van der Waals surface area contributed by atoms with Crippen molar-refractivity contribution in [2.75, 3.05) is 13.6 Å². The van der Waals surface area contributed by atoms with Gasteiger partial charge in [-0.15, -0.1) is 0 Å². The van der Waals surface area contributed by atoms with Gasteiger partial charge in [-0.3, -0.25) is 0 Å². The number of nitrogens with zero attached hydrogens (tertiary/aromatic N) is 2. The predicted molar refractivity (Wildman–Crippen MR) is 109 cm³/mol. The van der Waals surface area contributed by atoms with E-state index in [1.807, 2.05) is 0 Å². The maximum absolute atomic E-state index is 13.3. The number of hydrogen-bond donors (Lipinski definition) is 1. The number of benzene rings is 2. The van der Waals surface area contributed by atoms with E-state index in [-0.39, 0.29) is 13.2 Å². The van der Waals surface area contributed by atoms with Crippen molar-refractivity contribution in [3.05, 3.63) is 70.7 Å². The number of aryl methyl sites for hydroxylation is 1. The summed E-state index contributed by atoms with van der Waals surface area (Å²) in [5.41, 5.74) is 4.75. The highest BCUT2D eigenvalue weighted by molar-refractivity contribution is 5.86. The van der Waals surface area contributed by atoms with Crippen LogP contribution in [0.1, 0.15) is 36.7 Å². The summed E-state index contributed by atoms with van der Waals surface area (Å²) in [5, 5.41) is 12.5. The molecule has 2 heterocycles. The Balaban J connectivity index is 0.00000210. The molecule has 0 saturated carbocycles. The van der Waals surface area contributed by atoms with Crippen LogP contribution in [0.2, 0.25) is 0 Å². The van der Waals surface area contributed by atoms with Gasteiger partial charge in [0.25, 0.3) is 0 Å². The second-order valence-corrected chi connectivity index (χ2v) is 7.80. The summed E-state index contributed by atoms with van der Waals surface area (Å²) < 4.78 is 15.5. The molecule has 0 saturated heterocycles. The van der Waals surface area contributed by atoms with Crippen molar-refractivity contribution in [3.8, 4) is 0 Å². The molecule has 1 atom stereocenters. The minimum Gasteiger partial charge on any atom is -0.384 e. The molecule has 0 bridgehead atoms. The SMILES string of the molecule is C.Cc1ccc2c(c1)c1c(n2CC(C)(O)c2ccc(F)cc2)CN(C)CC1. The van der Waals surface area contributed by atoms with Crippen molar-refractivity contribution >= 4 is 10.9 Å². The van der Waals surface area contributed by atoms with Gasteiger partial charge in [-0.1, -0.05) is 31.2 Å². The average molecular weight is 368 g/mol. The zero-order chi connectivity index (χ0) is 18.5. The van der Waals surface area contributed by atoms with E-state index in [9.17, 15) is 9.50 Å². The topological polar surface area (TPSA) is 28.4 Å². The number of halogens is 1. The smallest absolute Gasteiger partial charge is 0.123 e. The Morgan fingerprint density at radius 2 is 1.85 bits per heavy atom. The Morgan fingerprint density at radius 1 is 1.15 bits per heavy atom. The van der Waals surface area contributed by atoms with E-state index < -0.39 is 5.60 Å². The molecule has 4 rings (SSSR count). The van der Waals surface area contributed by atoms with Crippen LogP contribution in [0.3, 0.4) is 0 Å². The predicted octanol–water partition coefficient (Wildman–Crippen LogP) is 4.62. The van der Waals surface area contributed by atoms with Crippen molar-refractivity contribution in [2.24, 2.45) is 0 Å². The lowest BCUT2D eigenvalue weighted by Crippen LogP contribution is -2.32. The van der Waals surface area contributed by atoms with Crippen molar-refractivity contribution in [1.29, 1.82) is 0 Å². The Kier molecular flexibility index (Phi) is 5.15. The van der Waals surface area contributed by atoms with Crippen LogP contribution < -0.4 is 0 Å². The van der Waals surface area contributed by atoms with Gasteiger partial charge in [0, 0.05) is 29.7 Å². The van der Waals surface area contributed by atoms with Crippen molar-refractivity contribution in [1.82, 2.24) is 9.47 Å². The second kappa shape index (κ2) is 7.10. The molecule has 3 nitrogen and oxygen atoms in total. The van der Waals surface area contributed by atoms with Gasteiger partial charge in [0.15, 0.2) is 0 Å². The molecule has 1 aliphatic rings. The monoisotopic (exact) mass is 368 g/mol. The average Bonchev–Trinajstić information content (AvgIpc) is 2.87. The zero-order valence-corrected chi connectivity index (χ0v) is 15.6. The number of aromatic nitrogens is 1. The summed E-state index contributed by atoms with van der Waals surface area (Å²) in [6.45, 7) is 6.30. The van der Waals surface area contributed by atoms with Crippen LogP contribution in [0.5, 0.6) is 0 Å². The van der Waals surface area contributed by atoms with Gasteiger partial charge in [-0.2, -0.15) is 0 Å². The van der Waals surface area contributed by atoms with Crippen LogP contribution in [0.4, 0.5) is 4.39 Å². The standard InChI is InChI=1S/C22H25FN2O.CH4/c1-15-4-9-20-19(12-15)18-10-11-24(3)13-21(18)25(20)14-22(2,26)16-5-7-17(23)8-6-16;/h4-9,12,26H,10-11,13-14H2,1-3H3;1H4. The lowest BCUT2D eigenvalue weighted by Gasteiger charge is -2.29. The third kappa shape index (κ3) is 3.52. The van der Waals surface area contributed by atoms with Crippen LogP contribution in [0, 0.1) is 12.7 Å². The van der Waals surface area contributed by atoms with Crippen LogP contribution >= 0.6 is 0 Å². The van der Waals surface area contributed by atoms with E-state index >= 15 is 0 Å². The third-order valence-electron chi connectivity index (χ3n) is 5.54. The number of aliphatic hydroxyl groups is 1. The van der Waals surface area contributed by atoms with Gasteiger partial charge in [-0.25, -0.2) is 4.39 Å². The summed E-state index contributed by atoms with van der Waals surface area (Å²) >= 11 is 0. The molecule has 3 aromatic rings. The molecule has 1 aliphatic heterocycles. The van der Waals surface area contributed by atoms with Gasteiger partial charge in [0.1, 0.15) is 11.4 Å². The largest absolute Gasteiger partial charge is 0.384 e. The minimum absolute atomic E-state index is 0. The number of rotatable bonds is 3. The first-order valence-electron chi connectivity index (χ1n) is 9.13. The highest BCUT2D eigenvalue weighted by Gasteiger charge is 2.29. The lowest BCUT2D eigenvalue weighted by molar-refractivity contribution is 0.0380. The molecule has 144 valence electrons. The number of likely N-dealkylation sites (N-methyl/N-ethyl adjacent to an activating group) is 1. The van der Waals surface area contributed by atoms with Crippen LogP contribution in [0.15, 0.2) is 42.5 Å². The van der Waals surface area contributed by atoms with Crippen LogP contribution in [0.25, 0.3) is 10.9 Å². The van der Waals surface area contributed by atoms with Gasteiger partial charge in [-0.05, 0) is 62.7 Å². The molecular formula is C23H29FN2O. The Labute approximate surface area is 161 Å². The molecule has 4 heteroatoms. The lowest BCUT2D eigenvalue weighted by atomic mass is 9.95. The van der Waals surface area contributed by atoms with E-state index in [0.717, 1.165) is 25.1 Å². The first-order valence-corrected chi connectivity index (χ1v) is 9.13. The van der Waals surface area contributed by atoms with E-state index in [1.165, 1.54) is 39.9 Å². The molecule has 1 aromatic heterocycles. The van der Waals surface area contributed by atoms with Crippen molar-refractivity contribution in [3.63, 3.8) is 0 Å². The quantitative estimate of drug-likeness (QED) is 0.731. The number of fused-ring (bicyclic) bond motifs is 3. The Morgan fingerprint density at radius 3 is 2.56 bits per heavy atom. The fourth-order valence-corrected chi connectivity index (χ4v) is 4.08. The first kappa shape index (κ1) is 19.6. The molecule has 1 N–H and O–H groups in total. The molecule has 0 radical (unpaired) electrons. The minimum atomic E-state index is -1.08. The Bertz CT molecular complexity index is 957. The summed E-state index contributed by atoms with van der Waals surface area (Å²) in [4.78, 5) is 2.32. The highest BCUT2D eigenvalue weighted by Crippen LogP contribution is 2.34. The second-order valence-electron chi connectivity index (χ2n) is 7.80. The summed E-state index contributed by atoms with van der Waals surface area (Å²) in [5.74, 6) is -0.287. The van der Waals surface area contributed by atoms with Crippen molar-refractivity contribution < 1.29 is 9.50 Å². The van der Waals surface area contributed by atoms with Crippen LogP contribution in [-0.4, -0.2) is 28.2 Å². The summed E-state index contributed by atoms with van der Waals surface area (Å²) in [7, 11) is 2.13. The van der Waals surface area contributed by atoms with Gasteiger partial charge < -0.3 is 14.6 Å². The van der Waals surface area contributed by atoms with Gasteiger partial charge in [0.05, 0.1) is 6.54 Å². The van der Waals surface area contributed by atoms with Crippen LogP contribution in [-0.2, 0) is 25.1 Å². The highest BCUT2D eigenvalue weighted by atomic mass is 19.1. The molecular weight excluding hydrogens is 339 g/mol. The van der Waals surface area contributed by atoms with Gasteiger partial charge >= 0.3 is 0 Å². The summed E-state index contributed by atoms with van der Waals surface area (Å²) in [6.07, 6.45) is 1.03. The number of hydrogen-bond acceptors (Lipinski definition) is 2. The molecule has 0 aliphatic carbocycles. The fourth-order valence-electron chi connectivity index (χ4n) is 4.08. The summed E-state index contributed by atoms with van der Waals surface area (Å²) in [6, 6.07) is 12.7. The molecule has 2 aromatic carbocycles. The molecule has 0 amide bonds. The molecule has 1 unspecified atom stereocenters. The zero-order valence-electron chi connectivity index (χ0n) is 15.6. The van der Waals surface area contributed by atoms with Crippen molar-refractivity contribution in [2.45, 2.75) is 46.4 Å². The third-order valence-corrected chi connectivity index (χ3v) is 5.54. The van der Waals surface area contributed by atoms with Gasteiger partial charge in [0.2, 0.25) is 0 Å². The van der Waals surface area contributed by atoms with E-state index in [0.29, 0.717) is 6.54 Å². The first-order chi connectivity index (χ1) is 12.3. The van der Waals surface area contributed by atoms with E-state index in [1.54, 1.807) is 19.1 Å². The normalized spacial score (nSPS) is 16.6.